The van der Waals surface area contributed by atoms with E-state index >= 15 is 0 Å². The van der Waals surface area contributed by atoms with Gasteiger partial charge in [0.2, 0.25) is 32.8 Å². The minimum atomic E-state index is -3.57. The quantitative estimate of drug-likeness (QED) is 0.0185. The lowest BCUT2D eigenvalue weighted by molar-refractivity contribution is -0.111. The van der Waals surface area contributed by atoms with Gasteiger partial charge in [0.1, 0.15) is 23.3 Å². The van der Waals surface area contributed by atoms with Gasteiger partial charge in [-0.25, -0.2) is 52.7 Å². The van der Waals surface area contributed by atoms with Crippen LogP contribution >= 0.6 is 81.4 Å². The number of nitrogen functional groups attached to an aromatic ring is 2. The molecule has 105 heavy (non-hydrogen) atoms. The zero-order valence-electron chi connectivity index (χ0n) is 56.5. The number of thioether (sulfide) groups is 1. The van der Waals surface area contributed by atoms with E-state index in [2.05, 4.69) is 67.7 Å². The van der Waals surface area contributed by atoms with Crippen molar-refractivity contribution in [1.29, 1.82) is 0 Å². The van der Waals surface area contributed by atoms with Crippen molar-refractivity contribution in [2.75, 3.05) is 103 Å². The Hall–Kier alpha value is -9.89. The third kappa shape index (κ3) is 19.4. The summed E-state index contributed by atoms with van der Waals surface area (Å²) in [5.74, 6) is 2.28. The summed E-state index contributed by atoms with van der Waals surface area (Å²) in [7, 11) is 2.95. The normalized spacial score (nSPS) is 15.0. The lowest BCUT2D eigenvalue weighted by Crippen LogP contribution is -2.46. The highest BCUT2D eigenvalue weighted by Crippen LogP contribution is 2.42. The van der Waals surface area contributed by atoms with Crippen molar-refractivity contribution in [1.82, 2.24) is 39.9 Å². The number of benzene rings is 5. The van der Waals surface area contributed by atoms with Gasteiger partial charge in [-0.3, -0.25) is 39.0 Å². The van der Waals surface area contributed by atoms with E-state index < -0.39 is 15.9 Å². The Balaban J connectivity index is 0.000000176. The van der Waals surface area contributed by atoms with E-state index in [1.54, 1.807) is 123 Å². The number of amides is 7. The minimum absolute atomic E-state index is 0. The number of nitrogens with zero attached hydrogens (tertiary/aromatic N) is 14. The summed E-state index contributed by atoms with van der Waals surface area (Å²) < 4.78 is 23.2. The Morgan fingerprint density at radius 1 is 0.590 bits per heavy atom. The highest BCUT2D eigenvalue weighted by atomic mass is 35.5. The number of hydrogen-bond donors (Lipinski definition) is 7. The molecule has 5 aromatic carbocycles. The molecule has 7 heterocycles. The average molecular weight is 1590 g/mol. The lowest BCUT2D eigenvalue weighted by Gasteiger charge is -2.35. The van der Waals surface area contributed by atoms with Gasteiger partial charge in [0, 0.05) is 88.0 Å². The number of anilines is 13. The van der Waals surface area contributed by atoms with Gasteiger partial charge in [-0.1, -0.05) is 151 Å². The van der Waals surface area contributed by atoms with Crippen LogP contribution in [0.1, 0.15) is 60.2 Å². The molecule has 4 aromatic heterocycles. The second-order valence-electron chi connectivity index (χ2n) is 23.1. The van der Waals surface area contributed by atoms with E-state index in [1.807, 2.05) is 24.5 Å². The van der Waals surface area contributed by atoms with Crippen LogP contribution in [-0.2, 0) is 34.3 Å². The number of nitrogens with one attached hydrogen (secondary N) is 4. The number of carbonyl (C=O) groups excluding carboxylic acids is 5. The molecule has 0 saturated heterocycles. The van der Waals surface area contributed by atoms with Crippen LogP contribution in [-0.4, -0.2) is 131 Å². The first-order valence-corrected chi connectivity index (χ1v) is 36.8. The number of fused-ring (bicyclic) bond motifs is 3. The van der Waals surface area contributed by atoms with Crippen LogP contribution < -0.4 is 67.9 Å². The smallest absolute Gasteiger partial charge is 0.330 e. The molecule has 9 aromatic rings. The average Bonchev–Trinajstić information content (AvgIpc) is 0.774. The SMILES string of the molecule is C.C=CC(=O)Nc1ccccc1Nc1ncc2c(n1)N(C)C(=O)N(c1c(Cl)cccc1Cl)C2.CN1C(=O)N(c2c(Cl)cccc2Cl)Cc2cnc(NC3CCCCC3N)nc21.CN1C(=O)N(c2c(Cl)cccc2Cl)Cc2cnc(S(C)(=O)=O)nc21.CNc1nc(SC)ncc1C=O.Nc1ccccc1N. The standard InChI is InChI=1S/C22H18Cl2N6O2.C19H22Cl2N6O.C14H12Cl2N4O3S.C7H9N3OS.C6H8N2.CH4/c1-3-18(31)26-16-9-4-5-10-17(16)27-21-25-11-13-12-30(22(32)29(2)20(13)28-21)19-14(23)7-6-8-15(19)24;1-26-17-11(9-23-18(25-17)24-15-8-3-2-7-14(15)22)10-27(19(26)28)16-12(20)5-4-6-13(16)21;1-19-12-8(6-17-13(18-12)24(2,22)23)7-20(14(19)21)11-9(15)4-3-5-10(11)16;1-8-6-5(4-11)3-9-7(10-6)12-2;7-5-3-1-2-4-6(5)8;/h3-11H,1,12H2,2H3,(H,26,31)(H,25,27,28);4-6,9,14-15H,2-3,7-8,10,22H2,1H3,(H,23,24,25);3-6H,7H2,1-2H3;3-4H,1-2H3,(H,8,9,10);1-4H,7-8H2;1H4. The maximum Gasteiger partial charge on any atom is 0.330 e. The third-order valence-electron chi connectivity index (χ3n) is 16.0. The number of hydrogen-bond acceptors (Lipinski definition) is 22. The summed E-state index contributed by atoms with van der Waals surface area (Å²) in [5, 5.41) is 14.6. The number of halogens is 6. The molecule has 28 nitrogen and oxygen atoms in total. The number of rotatable bonds is 13. The van der Waals surface area contributed by atoms with Crippen molar-refractivity contribution in [2.45, 2.75) is 75.1 Å². The number of para-hydroxylation sites is 7. The summed E-state index contributed by atoms with van der Waals surface area (Å²) in [6.45, 7) is 4.10. The second-order valence-corrected chi connectivity index (χ2v) is 28.2. The van der Waals surface area contributed by atoms with Crippen LogP contribution in [0.4, 0.5) is 89.4 Å². The van der Waals surface area contributed by atoms with Crippen molar-refractivity contribution in [3.05, 3.63) is 193 Å². The first kappa shape index (κ1) is 80.8. The molecule has 0 radical (unpaired) electrons. The Morgan fingerprint density at radius 2 is 1.01 bits per heavy atom. The van der Waals surface area contributed by atoms with Crippen LogP contribution in [0.2, 0.25) is 30.1 Å². The van der Waals surface area contributed by atoms with Crippen LogP contribution in [0.5, 0.6) is 0 Å². The molecule has 3 aliphatic heterocycles. The molecular formula is C69H73Cl6N21O7S2. The Morgan fingerprint density at radius 3 is 1.43 bits per heavy atom. The van der Waals surface area contributed by atoms with Gasteiger partial charge in [-0.05, 0) is 85.8 Å². The molecule has 36 heteroatoms. The largest absolute Gasteiger partial charge is 0.397 e. The number of carbonyl (C=O) groups is 5. The predicted octanol–water partition coefficient (Wildman–Crippen LogP) is 14.6. The van der Waals surface area contributed by atoms with Crippen molar-refractivity contribution >= 4 is 196 Å². The number of nitrogens with two attached hydrogens (primary N) is 3. The van der Waals surface area contributed by atoms with Crippen LogP contribution in [0.25, 0.3) is 0 Å². The van der Waals surface area contributed by atoms with E-state index in [-0.39, 0.29) is 67.5 Å². The molecule has 13 rings (SSSR count). The molecule has 4 aliphatic rings. The summed E-state index contributed by atoms with van der Waals surface area (Å²) in [6.07, 6.45) is 15.4. The van der Waals surface area contributed by atoms with Gasteiger partial charge in [0.25, 0.3) is 0 Å². The summed E-state index contributed by atoms with van der Waals surface area (Å²) in [6, 6.07) is 28.8. The van der Waals surface area contributed by atoms with Crippen molar-refractivity contribution < 1.29 is 32.4 Å². The number of aromatic nitrogens is 8. The number of aldehydes is 1. The Kier molecular flexibility index (Phi) is 27.9. The monoisotopic (exact) mass is 1580 g/mol. The van der Waals surface area contributed by atoms with Crippen LogP contribution in [0, 0.1) is 0 Å². The predicted molar refractivity (Wildman–Crippen MR) is 422 cm³/mol. The fourth-order valence-electron chi connectivity index (χ4n) is 10.8. The van der Waals surface area contributed by atoms with Crippen LogP contribution in [0.3, 0.4) is 0 Å². The van der Waals surface area contributed by atoms with Gasteiger partial charge in [0.15, 0.2) is 11.4 Å². The molecule has 0 bridgehead atoms. The highest BCUT2D eigenvalue weighted by Gasteiger charge is 2.37. The first-order chi connectivity index (χ1) is 49.7. The molecule has 0 spiro atoms. The molecule has 7 amide bonds. The minimum Gasteiger partial charge on any atom is -0.397 e. The molecule has 2 atom stereocenters. The highest BCUT2D eigenvalue weighted by molar-refractivity contribution is 7.98. The molecule has 2 unspecified atom stereocenters. The van der Waals surface area contributed by atoms with Gasteiger partial charge in [0.05, 0.1) is 95.1 Å². The number of sulfone groups is 1. The topological polar surface area (TPSA) is 368 Å². The van der Waals surface area contributed by atoms with E-state index in [0.717, 1.165) is 49.4 Å². The Bertz CT molecular complexity index is 4760. The van der Waals surface area contributed by atoms with Gasteiger partial charge in [-0.15, -0.1) is 0 Å². The first-order valence-electron chi connectivity index (χ1n) is 31.4. The van der Waals surface area contributed by atoms with E-state index in [1.165, 1.54) is 61.8 Å². The van der Waals surface area contributed by atoms with E-state index in [4.69, 9.17) is 86.8 Å². The molecule has 1 aliphatic carbocycles. The zero-order chi connectivity index (χ0) is 75.3. The molecule has 1 fully saturated rings. The number of urea groups is 3. The van der Waals surface area contributed by atoms with E-state index in [0.29, 0.717) is 116 Å². The van der Waals surface area contributed by atoms with Gasteiger partial charge >= 0.3 is 18.1 Å². The third-order valence-corrected chi connectivity index (χ3v) is 19.3. The van der Waals surface area contributed by atoms with Gasteiger partial charge < -0.3 is 38.5 Å². The summed E-state index contributed by atoms with van der Waals surface area (Å²) in [4.78, 5) is 103. The summed E-state index contributed by atoms with van der Waals surface area (Å²) >= 11 is 39.0. The molecular weight excluding hydrogens is 1510 g/mol. The fourth-order valence-corrected chi connectivity index (χ4v) is 13.4. The van der Waals surface area contributed by atoms with Crippen molar-refractivity contribution in [2.24, 2.45) is 5.73 Å². The maximum absolute atomic E-state index is 13.1. The summed E-state index contributed by atoms with van der Waals surface area (Å²) in [5.41, 5.74) is 23.3. The zero-order valence-corrected chi connectivity index (χ0v) is 62.7. The molecule has 550 valence electrons. The fraction of sp³-hybridized carbons (Fsp3) is 0.232. The molecule has 10 N–H and O–H groups in total. The van der Waals surface area contributed by atoms with E-state index in [9.17, 15) is 32.4 Å². The molecule has 1 saturated carbocycles. The maximum atomic E-state index is 13.1. The van der Waals surface area contributed by atoms with Crippen molar-refractivity contribution in [3.8, 4) is 0 Å². The lowest BCUT2D eigenvalue weighted by atomic mass is 9.91. The van der Waals surface area contributed by atoms with Crippen LogP contribution in [0.15, 0.2) is 151 Å². The van der Waals surface area contributed by atoms with Crippen molar-refractivity contribution in [3.63, 3.8) is 0 Å². The second kappa shape index (κ2) is 36.2. The Labute approximate surface area is 641 Å². The van der Waals surface area contributed by atoms with Gasteiger partial charge in [-0.2, -0.15) is 9.97 Å².